The van der Waals surface area contributed by atoms with Crippen molar-refractivity contribution in [2.24, 2.45) is 5.92 Å². The van der Waals surface area contributed by atoms with Crippen LogP contribution in [-0.2, 0) is 0 Å². The summed E-state index contributed by atoms with van der Waals surface area (Å²) in [6, 6.07) is 0. The van der Waals surface area contributed by atoms with Gasteiger partial charge in [0.1, 0.15) is 5.52 Å². The largest absolute Gasteiger partial charge is 0.391 e. The van der Waals surface area contributed by atoms with Gasteiger partial charge >= 0.3 is 6.18 Å². The van der Waals surface area contributed by atoms with Crippen molar-refractivity contribution >= 4 is 22.8 Å². The van der Waals surface area contributed by atoms with Crippen molar-refractivity contribution in [3.05, 3.63) is 22.9 Å². The quantitative estimate of drug-likeness (QED) is 0.757. The molecular weight excluding hydrogens is 293 g/mol. The molecule has 0 saturated heterocycles. The molecule has 2 aromatic rings. The predicted molar refractivity (Wildman–Crippen MR) is 66.4 cm³/mol. The third kappa shape index (κ3) is 2.30. The van der Waals surface area contributed by atoms with E-state index < -0.39 is 12.1 Å². The maximum atomic E-state index is 12.5. The first-order valence-electron chi connectivity index (χ1n) is 6.08. The second-order valence-corrected chi connectivity index (χ2v) is 5.31. The molecule has 1 aliphatic rings. The molecule has 0 atom stereocenters. The van der Waals surface area contributed by atoms with Gasteiger partial charge in [-0.1, -0.05) is 0 Å². The highest BCUT2D eigenvalue weighted by molar-refractivity contribution is 6.28. The summed E-state index contributed by atoms with van der Waals surface area (Å²) in [5, 5.41) is -0.0112. The van der Waals surface area contributed by atoms with E-state index in [2.05, 4.69) is 19.9 Å². The first kappa shape index (κ1) is 13.5. The Hall–Kier alpha value is -1.50. The second-order valence-electron chi connectivity index (χ2n) is 4.97. The van der Waals surface area contributed by atoms with Gasteiger partial charge in [-0.2, -0.15) is 18.2 Å². The molecule has 0 aliphatic heterocycles. The first-order chi connectivity index (χ1) is 9.34. The number of hydrogen-bond donors (Lipinski definition) is 0. The summed E-state index contributed by atoms with van der Waals surface area (Å²) < 4.78 is 37.6. The molecular formula is C12H10ClF3N4. The molecule has 1 saturated carbocycles. The third-order valence-corrected chi connectivity index (χ3v) is 3.68. The van der Waals surface area contributed by atoms with Crippen LogP contribution in [0.4, 0.5) is 13.2 Å². The van der Waals surface area contributed by atoms with Crippen LogP contribution >= 0.6 is 11.6 Å². The van der Waals surface area contributed by atoms with E-state index in [1.807, 2.05) is 0 Å². The standard InChI is InChI=1S/C12H10ClF3N4/c1-5-4-17-9-8(19-11(13)20-10(9)18-5)6-2-7(3-6)12(14,15)16/h4,6-7H,2-3H2,1H3/t6-,7-. The molecule has 1 aliphatic carbocycles. The van der Waals surface area contributed by atoms with Crippen molar-refractivity contribution in [3.63, 3.8) is 0 Å². The molecule has 0 radical (unpaired) electrons. The van der Waals surface area contributed by atoms with Gasteiger partial charge in [-0.05, 0) is 31.4 Å². The highest BCUT2D eigenvalue weighted by Crippen LogP contribution is 2.49. The Morgan fingerprint density at radius 3 is 2.55 bits per heavy atom. The summed E-state index contributed by atoms with van der Waals surface area (Å²) in [5.74, 6) is -1.56. The highest BCUT2D eigenvalue weighted by atomic mass is 35.5. The van der Waals surface area contributed by atoms with Crippen LogP contribution in [0.3, 0.4) is 0 Å². The zero-order chi connectivity index (χ0) is 14.5. The van der Waals surface area contributed by atoms with E-state index in [0.29, 0.717) is 22.6 Å². The van der Waals surface area contributed by atoms with Gasteiger partial charge in [0.05, 0.1) is 17.3 Å². The minimum absolute atomic E-state index is 0.0112. The number of hydrogen-bond acceptors (Lipinski definition) is 4. The van der Waals surface area contributed by atoms with Crippen LogP contribution in [0.15, 0.2) is 6.20 Å². The Morgan fingerprint density at radius 1 is 1.20 bits per heavy atom. The Kier molecular flexibility index (Phi) is 3.04. The zero-order valence-corrected chi connectivity index (χ0v) is 11.2. The lowest BCUT2D eigenvalue weighted by Crippen LogP contribution is -2.35. The lowest BCUT2D eigenvalue weighted by Gasteiger charge is -2.36. The minimum atomic E-state index is -4.15. The number of aryl methyl sites for hydroxylation is 1. The molecule has 0 amide bonds. The molecule has 8 heteroatoms. The van der Waals surface area contributed by atoms with Crippen LogP contribution in [0, 0.1) is 12.8 Å². The van der Waals surface area contributed by atoms with Gasteiger partial charge in [0.15, 0.2) is 5.65 Å². The summed E-state index contributed by atoms with van der Waals surface area (Å²) in [7, 11) is 0. The average Bonchev–Trinajstić information content (AvgIpc) is 2.23. The molecule has 1 fully saturated rings. The molecule has 0 aromatic carbocycles. The Labute approximate surface area is 117 Å². The Morgan fingerprint density at radius 2 is 1.90 bits per heavy atom. The molecule has 20 heavy (non-hydrogen) atoms. The van der Waals surface area contributed by atoms with Crippen LogP contribution in [0.25, 0.3) is 11.2 Å². The molecule has 0 bridgehead atoms. The fraction of sp³-hybridized carbons (Fsp3) is 0.500. The fourth-order valence-electron chi connectivity index (χ4n) is 2.38. The summed E-state index contributed by atoms with van der Waals surface area (Å²) in [6.45, 7) is 1.76. The second kappa shape index (κ2) is 4.51. The number of fused-ring (bicyclic) bond motifs is 1. The number of rotatable bonds is 1. The van der Waals surface area contributed by atoms with Gasteiger partial charge < -0.3 is 0 Å². The number of halogens is 4. The molecule has 0 N–H and O–H groups in total. The van der Waals surface area contributed by atoms with Crippen molar-refractivity contribution < 1.29 is 13.2 Å². The molecule has 106 valence electrons. The van der Waals surface area contributed by atoms with Crippen molar-refractivity contribution in [1.29, 1.82) is 0 Å². The first-order valence-corrected chi connectivity index (χ1v) is 6.46. The smallest absolute Gasteiger partial charge is 0.249 e. The maximum Gasteiger partial charge on any atom is 0.391 e. The summed E-state index contributed by atoms with van der Waals surface area (Å²) >= 11 is 5.82. The van der Waals surface area contributed by atoms with Gasteiger partial charge in [-0.15, -0.1) is 0 Å². The lowest BCUT2D eigenvalue weighted by molar-refractivity contribution is -0.197. The maximum absolute atomic E-state index is 12.5. The van der Waals surface area contributed by atoms with Crippen molar-refractivity contribution in [3.8, 4) is 0 Å². The Balaban J connectivity index is 1.97. The predicted octanol–water partition coefficient (Wildman–Crippen LogP) is 3.44. The van der Waals surface area contributed by atoms with Crippen LogP contribution in [0.5, 0.6) is 0 Å². The van der Waals surface area contributed by atoms with E-state index >= 15 is 0 Å². The van der Waals surface area contributed by atoms with Crippen LogP contribution in [0.2, 0.25) is 5.28 Å². The number of nitrogens with zero attached hydrogens (tertiary/aromatic N) is 4. The SMILES string of the molecule is Cc1cnc2c(n1)nc(Cl)nc2[C@H]1C[C@H](C(F)(F)F)C1. The average molecular weight is 303 g/mol. The minimum Gasteiger partial charge on any atom is -0.249 e. The normalized spacial score (nSPS) is 22.9. The molecule has 0 spiro atoms. The van der Waals surface area contributed by atoms with Crippen molar-refractivity contribution in [2.45, 2.75) is 31.9 Å². The van der Waals surface area contributed by atoms with E-state index in [1.54, 1.807) is 13.1 Å². The number of alkyl halides is 3. The molecule has 2 heterocycles. The topological polar surface area (TPSA) is 51.6 Å². The van der Waals surface area contributed by atoms with Crippen molar-refractivity contribution in [1.82, 2.24) is 19.9 Å². The van der Waals surface area contributed by atoms with Gasteiger partial charge in [0, 0.05) is 12.1 Å². The van der Waals surface area contributed by atoms with Crippen LogP contribution < -0.4 is 0 Å². The van der Waals surface area contributed by atoms with E-state index in [0.717, 1.165) is 0 Å². The number of aromatic nitrogens is 4. The van der Waals surface area contributed by atoms with Crippen LogP contribution in [0.1, 0.15) is 30.1 Å². The van der Waals surface area contributed by atoms with E-state index in [4.69, 9.17) is 11.6 Å². The molecule has 2 aromatic heterocycles. The molecule has 0 unspecified atom stereocenters. The van der Waals surface area contributed by atoms with Crippen LogP contribution in [-0.4, -0.2) is 26.1 Å². The van der Waals surface area contributed by atoms with E-state index in [9.17, 15) is 13.2 Å². The van der Waals surface area contributed by atoms with E-state index in [-0.39, 0.29) is 24.0 Å². The monoisotopic (exact) mass is 302 g/mol. The zero-order valence-electron chi connectivity index (χ0n) is 10.4. The highest BCUT2D eigenvalue weighted by Gasteiger charge is 2.49. The van der Waals surface area contributed by atoms with Gasteiger partial charge in [0.2, 0.25) is 5.28 Å². The summed E-state index contributed by atoms with van der Waals surface area (Å²) in [6.07, 6.45) is -2.57. The van der Waals surface area contributed by atoms with Crippen molar-refractivity contribution in [2.75, 3.05) is 0 Å². The Bertz CT molecular complexity index is 662. The molecule has 3 rings (SSSR count). The summed E-state index contributed by atoms with van der Waals surface area (Å²) in [4.78, 5) is 16.4. The third-order valence-electron chi connectivity index (χ3n) is 3.52. The lowest BCUT2D eigenvalue weighted by atomic mass is 9.72. The van der Waals surface area contributed by atoms with E-state index in [1.165, 1.54) is 0 Å². The van der Waals surface area contributed by atoms with Gasteiger partial charge in [0.25, 0.3) is 0 Å². The summed E-state index contributed by atoms with van der Waals surface area (Å²) in [5.41, 5.74) is 1.90. The van der Waals surface area contributed by atoms with Gasteiger partial charge in [-0.25, -0.2) is 15.0 Å². The van der Waals surface area contributed by atoms with Gasteiger partial charge in [-0.3, -0.25) is 0 Å². The molecule has 4 nitrogen and oxygen atoms in total. The fourth-order valence-corrected chi connectivity index (χ4v) is 2.55.